The second-order valence-corrected chi connectivity index (χ2v) is 7.29. The molecule has 3 rings (SSSR count). The lowest BCUT2D eigenvalue weighted by molar-refractivity contribution is -0.133. The topological polar surface area (TPSA) is 92.5 Å². The smallest absolute Gasteiger partial charge is 0.253 e. The van der Waals surface area contributed by atoms with Gasteiger partial charge in [-0.2, -0.15) is 4.98 Å². The summed E-state index contributed by atoms with van der Waals surface area (Å²) in [5, 5.41) is 9.52. The number of carbonyl (C=O) groups excluding carboxylic acids is 2. The fraction of sp³-hybridized carbons (Fsp3) is 0.312. The fourth-order valence-electron chi connectivity index (χ4n) is 2.20. The van der Waals surface area contributed by atoms with Gasteiger partial charge in [-0.3, -0.25) is 9.59 Å². The molecule has 0 saturated heterocycles. The molecule has 3 heterocycles. The Morgan fingerprint density at radius 2 is 2.27 bits per heavy atom. The average molecular weight is 390 g/mol. The number of carbonyl (C=O) groups is 2. The standard InChI is InChI=1S/C16H18N6O2S2/c1-2-21(10-13(23)18-9-12-5-3-8-25-12)14(24)11-26-16-19-15-17-6-4-7-22(15)20-16/h3-8H,2,9-11H2,1H3,(H,18,23). The van der Waals surface area contributed by atoms with Crippen LogP contribution >= 0.6 is 23.1 Å². The summed E-state index contributed by atoms with van der Waals surface area (Å²) < 4.78 is 1.56. The third-order valence-corrected chi connectivity index (χ3v) is 5.23. The zero-order valence-electron chi connectivity index (χ0n) is 14.2. The Labute approximate surface area is 158 Å². The van der Waals surface area contributed by atoms with Crippen molar-refractivity contribution in [2.75, 3.05) is 18.8 Å². The lowest BCUT2D eigenvalue weighted by Gasteiger charge is -2.19. The second kappa shape index (κ2) is 8.77. The first-order valence-corrected chi connectivity index (χ1v) is 9.89. The summed E-state index contributed by atoms with van der Waals surface area (Å²) in [6, 6.07) is 5.66. The van der Waals surface area contributed by atoms with Crippen LogP contribution in [0.15, 0.2) is 41.1 Å². The fourth-order valence-corrected chi connectivity index (χ4v) is 3.57. The molecule has 0 unspecified atom stereocenters. The third kappa shape index (κ3) is 4.79. The summed E-state index contributed by atoms with van der Waals surface area (Å²) in [4.78, 5) is 35.4. The summed E-state index contributed by atoms with van der Waals surface area (Å²) >= 11 is 2.82. The van der Waals surface area contributed by atoms with Crippen molar-refractivity contribution in [3.05, 3.63) is 40.8 Å². The van der Waals surface area contributed by atoms with E-state index in [2.05, 4.69) is 20.4 Å². The van der Waals surface area contributed by atoms with Gasteiger partial charge in [0.1, 0.15) is 0 Å². The van der Waals surface area contributed by atoms with Crippen LogP contribution < -0.4 is 5.32 Å². The molecule has 136 valence electrons. The van der Waals surface area contributed by atoms with Crippen molar-refractivity contribution in [3.63, 3.8) is 0 Å². The minimum Gasteiger partial charge on any atom is -0.350 e. The van der Waals surface area contributed by atoms with Gasteiger partial charge >= 0.3 is 0 Å². The molecule has 0 atom stereocenters. The van der Waals surface area contributed by atoms with Gasteiger partial charge in [0, 0.05) is 23.8 Å². The number of amides is 2. The predicted molar refractivity (Wildman–Crippen MR) is 99.9 cm³/mol. The molecule has 2 amide bonds. The van der Waals surface area contributed by atoms with Gasteiger partial charge < -0.3 is 10.2 Å². The number of nitrogens with zero attached hydrogens (tertiary/aromatic N) is 5. The van der Waals surface area contributed by atoms with Gasteiger partial charge in [-0.05, 0) is 24.4 Å². The van der Waals surface area contributed by atoms with Crippen molar-refractivity contribution >= 4 is 40.7 Å². The number of thioether (sulfide) groups is 1. The van der Waals surface area contributed by atoms with Crippen LogP contribution in [0.4, 0.5) is 0 Å². The van der Waals surface area contributed by atoms with Crippen molar-refractivity contribution in [2.24, 2.45) is 0 Å². The van der Waals surface area contributed by atoms with Crippen LogP contribution in [0.25, 0.3) is 5.78 Å². The van der Waals surface area contributed by atoms with Crippen molar-refractivity contribution in [3.8, 4) is 0 Å². The number of thiophene rings is 1. The van der Waals surface area contributed by atoms with Gasteiger partial charge in [0.25, 0.3) is 5.78 Å². The maximum atomic E-state index is 12.4. The lowest BCUT2D eigenvalue weighted by atomic mass is 10.4. The summed E-state index contributed by atoms with van der Waals surface area (Å²) in [7, 11) is 0. The Bertz CT molecular complexity index is 847. The molecule has 3 aromatic heterocycles. The van der Waals surface area contributed by atoms with E-state index in [0.717, 1.165) is 4.88 Å². The first-order chi connectivity index (χ1) is 12.7. The van der Waals surface area contributed by atoms with Crippen LogP contribution in [0.5, 0.6) is 0 Å². The molecule has 0 bridgehead atoms. The van der Waals surface area contributed by atoms with Crippen LogP contribution in [0.3, 0.4) is 0 Å². The van der Waals surface area contributed by atoms with Crippen molar-refractivity contribution in [1.29, 1.82) is 0 Å². The molecule has 10 heteroatoms. The van der Waals surface area contributed by atoms with Gasteiger partial charge in [-0.25, -0.2) is 9.50 Å². The number of nitrogens with one attached hydrogen (secondary N) is 1. The van der Waals surface area contributed by atoms with Crippen molar-refractivity contribution < 1.29 is 9.59 Å². The summed E-state index contributed by atoms with van der Waals surface area (Å²) in [5.41, 5.74) is 0. The number of rotatable bonds is 8. The van der Waals surface area contributed by atoms with Crippen molar-refractivity contribution in [2.45, 2.75) is 18.6 Å². The van der Waals surface area contributed by atoms with Gasteiger partial charge in [-0.1, -0.05) is 17.8 Å². The average Bonchev–Trinajstić information content (AvgIpc) is 3.31. The monoisotopic (exact) mass is 390 g/mol. The summed E-state index contributed by atoms with van der Waals surface area (Å²) in [5.74, 6) is 0.357. The Balaban J connectivity index is 1.48. The second-order valence-electron chi connectivity index (χ2n) is 5.31. The number of hydrogen-bond donors (Lipinski definition) is 1. The van der Waals surface area contributed by atoms with E-state index in [1.807, 2.05) is 24.4 Å². The SMILES string of the molecule is CCN(CC(=O)NCc1cccs1)C(=O)CSc1nc2ncccn2n1. The third-order valence-electron chi connectivity index (χ3n) is 3.53. The number of fused-ring (bicyclic) bond motifs is 1. The summed E-state index contributed by atoms with van der Waals surface area (Å²) in [6.45, 7) is 2.84. The first-order valence-electron chi connectivity index (χ1n) is 8.02. The molecule has 0 aliphatic carbocycles. The quantitative estimate of drug-likeness (QED) is 0.585. The maximum absolute atomic E-state index is 12.4. The highest BCUT2D eigenvalue weighted by Crippen LogP contribution is 2.14. The largest absolute Gasteiger partial charge is 0.350 e. The minimum absolute atomic E-state index is 0.0431. The molecule has 0 spiro atoms. The van der Waals surface area contributed by atoms with E-state index in [1.54, 1.807) is 34.3 Å². The van der Waals surface area contributed by atoms with Crippen LogP contribution in [-0.4, -0.2) is 55.1 Å². The van der Waals surface area contributed by atoms with Gasteiger partial charge in [0.05, 0.1) is 18.8 Å². The highest BCUT2D eigenvalue weighted by Gasteiger charge is 2.17. The van der Waals surface area contributed by atoms with Crippen LogP contribution in [0, 0.1) is 0 Å². The number of aromatic nitrogens is 4. The van der Waals surface area contributed by atoms with Crippen molar-refractivity contribution in [1.82, 2.24) is 29.8 Å². The lowest BCUT2D eigenvalue weighted by Crippen LogP contribution is -2.41. The van der Waals surface area contributed by atoms with E-state index in [0.29, 0.717) is 24.0 Å². The van der Waals surface area contributed by atoms with E-state index in [-0.39, 0.29) is 24.1 Å². The molecule has 0 aliphatic rings. The molecular formula is C16H18N6O2S2. The summed E-state index contributed by atoms with van der Waals surface area (Å²) in [6.07, 6.45) is 3.38. The number of hydrogen-bond acceptors (Lipinski definition) is 7. The van der Waals surface area contributed by atoms with Gasteiger partial charge in [0.15, 0.2) is 0 Å². The molecule has 0 radical (unpaired) electrons. The van der Waals surface area contributed by atoms with E-state index < -0.39 is 0 Å². The molecule has 0 aromatic carbocycles. The van der Waals surface area contributed by atoms with Gasteiger partial charge in [0.2, 0.25) is 17.0 Å². The van der Waals surface area contributed by atoms with Gasteiger partial charge in [-0.15, -0.1) is 16.4 Å². The normalized spacial score (nSPS) is 10.8. The molecule has 0 aliphatic heterocycles. The number of likely N-dealkylation sites (N-methyl/N-ethyl adjacent to an activating group) is 1. The molecule has 3 aromatic rings. The molecule has 0 saturated carbocycles. The zero-order chi connectivity index (χ0) is 18.4. The minimum atomic E-state index is -0.173. The van der Waals surface area contributed by atoms with E-state index in [9.17, 15) is 9.59 Å². The van der Waals surface area contributed by atoms with Crippen LogP contribution in [0.2, 0.25) is 0 Å². The van der Waals surface area contributed by atoms with Crippen LogP contribution in [0.1, 0.15) is 11.8 Å². The highest BCUT2D eigenvalue weighted by molar-refractivity contribution is 7.99. The van der Waals surface area contributed by atoms with Crippen LogP contribution in [-0.2, 0) is 16.1 Å². The van der Waals surface area contributed by atoms with E-state index >= 15 is 0 Å². The Kier molecular flexibility index (Phi) is 6.18. The predicted octanol–water partition coefficient (Wildman–Crippen LogP) is 1.44. The molecule has 0 fully saturated rings. The first kappa shape index (κ1) is 18.3. The zero-order valence-corrected chi connectivity index (χ0v) is 15.8. The van der Waals surface area contributed by atoms with E-state index in [4.69, 9.17) is 0 Å². The molecule has 8 nitrogen and oxygen atoms in total. The Morgan fingerprint density at radius 3 is 3.00 bits per heavy atom. The Morgan fingerprint density at radius 1 is 1.38 bits per heavy atom. The maximum Gasteiger partial charge on any atom is 0.253 e. The van der Waals surface area contributed by atoms with E-state index in [1.165, 1.54) is 16.7 Å². The highest BCUT2D eigenvalue weighted by atomic mass is 32.2. The molecule has 1 N–H and O–H groups in total. The Hall–Kier alpha value is -2.46. The molecule has 26 heavy (non-hydrogen) atoms. The molecular weight excluding hydrogens is 372 g/mol.